The highest BCUT2D eigenvalue weighted by Crippen LogP contribution is 2.25. The van der Waals surface area contributed by atoms with Crippen LogP contribution in [0.2, 0.25) is 5.02 Å². The molecule has 1 aromatic heterocycles. The van der Waals surface area contributed by atoms with Crippen LogP contribution in [0.3, 0.4) is 0 Å². The van der Waals surface area contributed by atoms with Gasteiger partial charge in [0.2, 0.25) is 0 Å². The van der Waals surface area contributed by atoms with Crippen molar-refractivity contribution in [2.24, 2.45) is 5.92 Å². The Hall–Kier alpha value is -2.70. The first-order valence-corrected chi connectivity index (χ1v) is 12.1. The molecule has 0 bridgehead atoms. The molecule has 1 amide bonds. The van der Waals surface area contributed by atoms with Gasteiger partial charge in [0.15, 0.2) is 11.8 Å². The molecular formula is C26H24BrClN2O3. The summed E-state index contributed by atoms with van der Waals surface area (Å²) in [7, 11) is 0. The number of hydrogen-bond acceptors (Lipinski definition) is 3. The molecular weight excluding hydrogens is 504 g/mol. The van der Waals surface area contributed by atoms with E-state index in [2.05, 4.69) is 28.1 Å². The molecule has 1 aliphatic heterocycles. The molecule has 1 atom stereocenters. The van der Waals surface area contributed by atoms with Gasteiger partial charge in [-0.05, 0) is 48.9 Å². The zero-order chi connectivity index (χ0) is 23.4. The summed E-state index contributed by atoms with van der Waals surface area (Å²) in [6.07, 6.45) is 4.04. The summed E-state index contributed by atoms with van der Waals surface area (Å²) in [6.45, 7) is 1.10. The molecule has 33 heavy (non-hydrogen) atoms. The van der Waals surface area contributed by atoms with E-state index in [0.29, 0.717) is 24.6 Å². The molecule has 0 radical (unpaired) electrons. The maximum atomic E-state index is 13.6. The van der Waals surface area contributed by atoms with Gasteiger partial charge in [0.1, 0.15) is 0 Å². The van der Waals surface area contributed by atoms with Crippen LogP contribution in [-0.2, 0) is 11.2 Å². The van der Waals surface area contributed by atoms with Crippen molar-refractivity contribution < 1.29 is 9.59 Å². The van der Waals surface area contributed by atoms with Crippen LogP contribution in [0.15, 0.2) is 82.2 Å². The van der Waals surface area contributed by atoms with Crippen molar-refractivity contribution in [1.29, 1.82) is 0 Å². The fourth-order valence-corrected chi connectivity index (χ4v) is 4.72. The maximum Gasteiger partial charge on any atom is 0.253 e. The quantitative estimate of drug-likeness (QED) is 0.328. The maximum absolute atomic E-state index is 13.6. The minimum absolute atomic E-state index is 0.289. The van der Waals surface area contributed by atoms with Crippen LogP contribution in [0.1, 0.15) is 34.8 Å². The van der Waals surface area contributed by atoms with Crippen molar-refractivity contribution in [2.75, 3.05) is 13.1 Å². The van der Waals surface area contributed by atoms with Gasteiger partial charge in [-0.2, -0.15) is 0 Å². The first kappa shape index (κ1) is 23.5. The van der Waals surface area contributed by atoms with Gasteiger partial charge < -0.3 is 4.90 Å². The highest BCUT2D eigenvalue weighted by atomic mass is 79.9. The molecule has 170 valence electrons. The molecule has 7 heteroatoms. The van der Waals surface area contributed by atoms with Gasteiger partial charge in [-0.15, -0.1) is 0 Å². The largest absolute Gasteiger partial charge is 0.340 e. The van der Waals surface area contributed by atoms with Crippen LogP contribution in [0.5, 0.6) is 0 Å². The number of amides is 1. The average Bonchev–Trinajstić information content (AvgIpc) is 2.83. The molecule has 1 saturated heterocycles. The zero-order valence-corrected chi connectivity index (χ0v) is 20.3. The summed E-state index contributed by atoms with van der Waals surface area (Å²) in [5, 5.41) is 0.289. The molecule has 3 aromatic rings. The fraction of sp³-hybridized carbons (Fsp3) is 0.269. The lowest BCUT2D eigenvalue weighted by Gasteiger charge is -2.34. The van der Waals surface area contributed by atoms with Gasteiger partial charge in [-0.1, -0.05) is 70.0 Å². The van der Waals surface area contributed by atoms with Gasteiger partial charge in [0, 0.05) is 35.4 Å². The highest BCUT2D eigenvalue weighted by Gasteiger charge is 2.35. The van der Waals surface area contributed by atoms with Crippen molar-refractivity contribution in [3.05, 3.63) is 104 Å². The average molecular weight is 528 g/mol. The van der Waals surface area contributed by atoms with E-state index in [9.17, 15) is 14.4 Å². The second kappa shape index (κ2) is 10.5. The lowest BCUT2D eigenvalue weighted by atomic mass is 9.89. The molecule has 0 N–H and O–H groups in total. The number of aromatic nitrogens is 1. The Balaban J connectivity index is 1.56. The normalized spacial score (nSPS) is 15.3. The number of carbonyl (C=O) groups is 2. The number of piperidine rings is 1. The van der Waals surface area contributed by atoms with Crippen LogP contribution in [0.25, 0.3) is 0 Å². The second-order valence-corrected chi connectivity index (χ2v) is 9.68. The molecule has 1 unspecified atom stereocenters. The van der Waals surface area contributed by atoms with Gasteiger partial charge in [-0.25, -0.2) is 0 Å². The Morgan fingerprint density at radius 3 is 2.30 bits per heavy atom. The number of halogens is 2. The van der Waals surface area contributed by atoms with E-state index >= 15 is 0 Å². The molecule has 1 aliphatic rings. The Morgan fingerprint density at radius 2 is 1.64 bits per heavy atom. The first-order valence-electron chi connectivity index (χ1n) is 10.9. The van der Waals surface area contributed by atoms with Crippen molar-refractivity contribution in [3.8, 4) is 0 Å². The van der Waals surface area contributed by atoms with Crippen molar-refractivity contribution in [3.63, 3.8) is 0 Å². The SMILES string of the molecule is O=C(c1ccc(Br)cc1)C(C(=O)N1CCC(Cc2ccccc2)CC1)n1cc(Cl)ccc1=O. The summed E-state index contributed by atoms with van der Waals surface area (Å²) in [6, 6.07) is 18.5. The molecule has 0 saturated carbocycles. The molecule has 0 spiro atoms. The number of benzene rings is 2. The minimum atomic E-state index is -1.29. The standard InChI is InChI=1S/C26H24BrClN2O3/c27-21-8-6-20(7-9-21)25(32)24(30-17-22(28)10-11-23(30)31)26(33)29-14-12-19(13-15-29)16-18-4-2-1-3-5-18/h1-11,17,19,24H,12-16H2. The number of Topliss-reactive ketones (excluding diaryl/α,β-unsaturated/α-hetero) is 1. The Bertz CT molecular complexity index is 1190. The number of carbonyl (C=O) groups excluding carboxylic acids is 2. The van der Waals surface area contributed by atoms with E-state index in [1.165, 1.54) is 23.9 Å². The molecule has 2 aromatic carbocycles. The van der Waals surface area contributed by atoms with Crippen molar-refractivity contribution in [2.45, 2.75) is 25.3 Å². The smallest absolute Gasteiger partial charge is 0.253 e. The Kier molecular flexibility index (Phi) is 7.46. The second-order valence-electron chi connectivity index (χ2n) is 8.32. The number of ketones is 1. The summed E-state index contributed by atoms with van der Waals surface area (Å²) in [5.74, 6) is -0.320. The topological polar surface area (TPSA) is 59.4 Å². The van der Waals surface area contributed by atoms with Gasteiger partial charge in [0.25, 0.3) is 11.5 Å². The number of rotatable bonds is 6. The third-order valence-electron chi connectivity index (χ3n) is 6.08. The van der Waals surface area contributed by atoms with Gasteiger partial charge >= 0.3 is 0 Å². The molecule has 0 aliphatic carbocycles. The predicted octanol–water partition coefficient (Wildman–Crippen LogP) is 5.17. The van der Waals surface area contributed by atoms with Crippen molar-refractivity contribution in [1.82, 2.24) is 9.47 Å². The third kappa shape index (κ3) is 5.63. The Morgan fingerprint density at radius 1 is 0.970 bits per heavy atom. The van der Waals surface area contributed by atoms with E-state index in [4.69, 9.17) is 11.6 Å². The molecule has 5 nitrogen and oxygen atoms in total. The van der Waals surface area contributed by atoms with Crippen LogP contribution < -0.4 is 5.56 Å². The third-order valence-corrected chi connectivity index (χ3v) is 6.84. The molecule has 2 heterocycles. The number of nitrogens with zero attached hydrogens (tertiary/aromatic N) is 2. The van der Waals surface area contributed by atoms with Gasteiger partial charge in [-0.3, -0.25) is 19.0 Å². The van der Waals surface area contributed by atoms with Gasteiger partial charge in [0.05, 0.1) is 5.02 Å². The number of likely N-dealkylation sites (tertiary alicyclic amines) is 1. The summed E-state index contributed by atoms with van der Waals surface area (Å²) >= 11 is 9.48. The predicted molar refractivity (Wildman–Crippen MR) is 133 cm³/mol. The monoisotopic (exact) mass is 526 g/mol. The lowest BCUT2D eigenvalue weighted by molar-refractivity contribution is -0.134. The van der Waals surface area contributed by atoms with Crippen LogP contribution in [0, 0.1) is 5.92 Å². The summed E-state index contributed by atoms with van der Waals surface area (Å²) in [4.78, 5) is 41.4. The van der Waals surface area contributed by atoms with Crippen LogP contribution in [0.4, 0.5) is 0 Å². The highest BCUT2D eigenvalue weighted by molar-refractivity contribution is 9.10. The van der Waals surface area contributed by atoms with E-state index in [1.807, 2.05) is 18.2 Å². The lowest BCUT2D eigenvalue weighted by Crippen LogP contribution is -2.46. The molecule has 1 fully saturated rings. The van der Waals surface area contributed by atoms with Crippen LogP contribution >= 0.6 is 27.5 Å². The molecule has 4 rings (SSSR count). The van der Waals surface area contributed by atoms with E-state index < -0.39 is 17.4 Å². The van der Waals surface area contributed by atoms with E-state index in [-0.39, 0.29) is 10.9 Å². The first-order chi connectivity index (χ1) is 15.9. The fourth-order valence-electron chi connectivity index (χ4n) is 4.29. The number of hydrogen-bond donors (Lipinski definition) is 0. The Labute approximate surface area is 206 Å². The number of pyridine rings is 1. The summed E-state index contributed by atoms with van der Waals surface area (Å²) in [5.41, 5.74) is 1.21. The van der Waals surface area contributed by atoms with Crippen molar-refractivity contribution >= 4 is 39.2 Å². The summed E-state index contributed by atoms with van der Waals surface area (Å²) < 4.78 is 1.98. The minimum Gasteiger partial charge on any atom is -0.340 e. The van der Waals surface area contributed by atoms with Crippen LogP contribution in [-0.4, -0.2) is 34.2 Å². The van der Waals surface area contributed by atoms with E-state index in [0.717, 1.165) is 28.3 Å². The zero-order valence-electron chi connectivity index (χ0n) is 18.0. The van der Waals surface area contributed by atoms with E-state index in [1.54, 1.807) is 29.2 Å².